The number of amides is 1. The molecule has 0 heterocycles. The van der Waals surface area contributed by atoms with Gasteiger partial charge in [0.1, 0.15) is 5.75 Å². The number of hydrogen-bond donors (Lipinski definition) is 3. The molecule has 3 N–H and O–H groups in total. The number of carbonyl (C=O) groups excluding carboxylic acids is 1. The van der Waals surface area contributed by atoms with E-state index in [1.807, 2.05) is 0 Å². The summed E-state index contributed by atoms with van der Waals surface area (Å²) in [6.07, 6.45) is 0.449. The summed E-state index contributed by atoms with van der Waals surface area (Å²) in [5, 5.41) is 22.4. The van der Waals surface area contributed by atoms with Gasteiger partial charge >= 0.3 is 0 Å². The SMILES string of the molecule is CC(C)(Oc1ccc(Cl)cc1)C(=O)N[C@H]1C[C@@H](CO)[C@@H](O)C1. The van der Waals surface area contributed by atoms with Crippen molar-refractivity contribution >= 4 is 17.5 Å². The molecule has 6 heteroatoms. The fourth-order valence-electron chi connectivity index (χ4n) is 2.62. The summed E-state index contributed by atoms with van der Waals surface area (Å²) in [6.45, 7) is 3.30. The first kappa shape index (κ1) is 17.1. The van der Waals surface area contributed by atoms with Crippen molar-refractivity contribution in [3.05, 3.63) is 29.3 Å². The van der Waals surface area contributed by atoms with Crippen LogP contribution in [0.2, 0.25) is 5.02 Å². The first-order chi connectivity index (χ1) is 10.3. The molecule has 0 bridgehead atoms. The zero-order chi connectivity index (χ0) is 16.3. The fraction of sp³-hybridized carbons (Fsp3) is 0.562. The zero-order valence-corrected chi connectivity index (χ0v) is 13.5. The van der Waals surface area contributed by atoms with Gasteiger partial charge in [-0.05, 0) is 51.0 Å². The molecule has 0 radical (unpaired) electrons. The number of carbonyl (C=O) groups is 1. The Bertz CT molecular complexity index is 517. The third-order valence-corrected chi connectivity index (χ3v) is 4.21. The summed E-state index contributed by atoms with van der Waals surface area (Å²) in [6, 6.07) is 6.66. The molecule has 0 aromatic heterocycles. The maximum atomic E-state index is 12.4. The van der Waals surface area contributed by atoms with Crippen LogP contribution < -0.4 is 10.1 Å². The van der Waals surface area contributed by atoms with Crippen LogP contribution in [0.25, 0.3) is 0 Å². The lowest BCUT2D eigenvalue weighted by molar-refractivity contribution is -0.135. The lowest BCUT2D eigenvalue weighted by atomic mass is 10.1. The topological polar surface area (TPSA) is 78.8 Å². The van der Waals surface area contributed by atoms with Gasteiger partial charge in [-0.1, -0.05) is 11.6 Å². The smallest absolute Gasteiger partial charge is 0.263 e. The molecular weight excluding hydrogens is 306 g/mol. The second kappa shape index (κ2) is 6.86. The van der Waals surface area contributed by atoms with E-state index >= 15 is 0 Å². The predicted octanol–water partition coefficient (Wildman–Crippen LogP) is 1.75. The Morgan fingerprint density at radius 3 is 2.55 bits per heavy atom. The van der Waals surface area contributed by atoms with E-state index in [-0.39, 0.29) is 24.5 Å². The van der Waals surface area contributed by atoms with Gasteiger partial charge in [-0.25, -0.2) is 0 Å². The van der Waals surface area contributed by atoms with Crippen molar-refractivity contribution in [3.8, 4) is 5.75 Å². The highest BCUT2D eigenvalue weighted by Gasteiger charge is 2.37. The molecule has 2 rings (SSSR count). The van der Waals surface area contributed by atoms with Crippen molar-refractivity contribution in [1.29, 1.82) is 0 Å². The number of aliphatic hydroxyl groups excluding tert-OH is 2. The Morgan fingerprint density at radius 1 is 1.36 bits per heavy atom. The van der Waals surface area contributed by atoms with Gasteiger partial charge in [-0.3, -0.25) is 4.79 Å². The Labute approximate surface area is 135 Å². The van der Waals surface area contributed by atoms with Crippen LogP contribution in [0.5, 0.6) is 5.75 Å². The summed E-state index contributed by atoms with van der Waals surface area (Å²) < 4.78 is 5.73. The molecule has 1 aromatic carbocycles. The largest absolute Gasteiger partial charge is 0.478 e. The number of benzene rings is 1. The first-order valence-corrected chi connectivity index (χ1v) is 7.74. The van der Waals surface area contributed by atoms with E-state index in [1.54, 1.807) is 38.1 Å². The number of ether oxygens (including phenoxy) is 1. The van der Waals surface area contributed by atoms with Crippen LogP contribution in [-0.4, -0.2) is 40.5 Å². The van der Waals surface area contributed by atoms with E-state index < -0.39 is 11.7 Å². The van der Waals surface area contributed by atoms with Crippen molar-refractivity contribution in [2.45, 2.75) is 44.4 Å². The number of hydrogen-bond acceptors (Lipinski definition) is 4. The highest BCUT2D eigenvalue weighted by atomic mass is 35.5. The van der Waals surface area contributed by atoms with Crippen LogP contribution >= 0.6 is 11.6 Å². The summed E-state index contributed by atoms with van der Waals surface area (Å²) in [5.74, 6) is 0.132. The van der Waals surface area contributed by atoms with E-state index in [4.69, 9.17) is 21.4 Å². The molecule has 0 unspecified atom stereocenters. The molecule has 0 aliphatic heterocycles. The van der Waals surface area contributed by atoms with E-state index in [9.17, 15) is 9.90 Å². The summed E-state index contributed by atoms with van der Waals surface area (Å²) in [7, 11) is 0. The van der Waals surface area contributed by atoms with Crippen LogP contribution in [0.4, 0.5) is 0 Å². The van der Waals surface area contributed by atoms with Crippen molar-refractivity contribution in [2.24, 2.45) is 5.92 Å². The van der Waals surface area contributed by atoms with Gasteiger partial charge in [-0.15, -0.1) is 0 Å². The van der Waals surface area contributed by atoms with E-state index in [2.05, 4.69) is 5.32 Å². The highest BCUT2D eigenvalue weighted by Crippen LogP contribution is 2.27. The van der Waals surface area contributed by atoms with Crippen molar-refractivity contribution < 1.29 is 19.7 Å². The van der Waals surface area contributed by atoms with Crippen LogP contribution in [0.15, 0.2) is 24.3 Å². The standard InChI is InChI=1S/C16H22ClNO4/c1-16(2,22-13-5-3-11(17)4-6-13)15(21)18-12-7-10(9-19)14(20)8-12/h3-6,10,12,14,19-20H,7-9H2,1-2H3,(H,18,21)/t10-,12-,14-/m0/s1. The van der Waals surface area contributed by atoms with E-state index in [1.165, 1.54) is 0 Å². The lowest BCUT2D eigenvalue weighted by Gasteiger charge is -2.27. The summed E-state index contributed by atoms with van der Waals surface area (Å²) in [5.41, 5.74) is -1.05. The van der Waals surface area contributed by atoms with Gasteiger partial charge in [0.2, 0.25) is 0 Å². The molecule has 22 heavy (non-hydrogen) atoms. The van der Waals surface area contributed by atoms with Gasteiger partial charge < -0.3 is 20.3 Å². The molecule has 1 aromatic rings. The maximum absolute atomic E-state index is 12.4. The quantitative estimate of drug-likeness (QED) is 0.770. The number of halogens is 1. The number of aliphatic hydroxyl groups is 2. The molecular formula is C16H22ClNO4. The molecule has 0 saturated heterocycles. The van der Waals surface area contributed by atoms with Crippen molar-refractivity contribution in [3.63, 3.8) is 0 Å². The zero-order valence-electron chi connectivity index (χ0n) is 12.8. The maximum Gasteiger partial charge on any atom is 0.263 e. The molecule has 1 saturated carbocycles. The highest BCUT2D eigenvalue weighted by molar-refractivity contribution is 6.30. The van der Waals surface area contributed by atoms with Gasteiger partial charge in [0.05, 0.1) is 6.10 Å². The average Bonchev–Trinajstić information content (AvgIpc) is 2.81. The monoisotopic (exact) mass is 327 g/mol. The molecule has 1 aliphatic rings. The number of nitrogens with one attached hydrogen (secondary N) is 1. The molecule has 1 fully saturated rings. The summed E-state index contributed by atoms with van der Waals surface area (Å²) in [4.78, 5) is 12.4. The molecule has 1 aliphatic carbocycles. The van der Waals surface area contributed by atoms with E-state index in [0.29, 0.717) is 23.6 Å². The van der Waals surface area contributed by atoms with Gasteiger partial charge in [0, 0.05) is 23.6 Å². The molecule has 3 atom stereocenters. The van der Waals surface area contributed by atoms with Gasteiger partial charge in [-0.2, -0.15) is 0 Å². The van der Waals surface area contributed by atoms with Crippen molar-refractivity contribution in [2.75, 3.05) is 6.61 Å². The minimum Gasteiger partial charge on any atom is -0.478 e. The Morgan fingerprint density at radius 2 is 2.00 bits per heavy atom. The van der Waals surface area contributed by atoms with Crippen LogP contribution in [0.3, 0.4) is 0 Å². The third kappa shape index (κ3) is 4.12. The van der Waals surface area contributed by atoms with Crippen LogP contribution in [0, 0.1) is 5.92 Å². The van der Waals surface area contributed by atoms with E-state index in [0.717, 1.165) is 0 Å². The van der Waals surface area contributed by atoms with Gasteiger partial charge in [0.25, 0.3) is 5.91 Å². The van der Waals surface area contributed by atoms with Crippen LogP contribution in [0.1, 0.15) is 26.7 Å². The minimum absolute atomic E-state index is 0.0712. The molecule has 5 nitrogen and oxygen atoms in total. The Balaban J connectivity index is 1.94. The molecule has 0 spiro atoms. The third-order valence-electron chi connectivity index (χ3n) is 3.96. The summed E-state index contributed by atoms with van der Waals surface area (Å²) >= 11 is 5.82. The number of rotatable bonds is 5. The average molecular weight is 328 g/mol. The second-order valence-electron chi connectivity index (χ2n) is 6.22. The van der Waals surface area contributed by atoms with Crippen molar-refractivity contribution in [1.82, 2.24) is 5.32 Å². The van der Waals surface area contributed by atoms with Crippen LogP contribution in [-0.2, 0) is 4.79 Å². The fourth-order valence-corrected chi connectivity index (χ4v) is 2.75. The molecule has 122 valence electrons. The second-order valence-corrected chi connectivity index (χ2v) is 6.65. The van der Waals surface area contributed by atoms with Gasteiger partial charge in [0.15, 0.2) is 5.60 Å². The normalized spacial score (nSPS) is 25.0. The predicted molar refractivity (Wildman–Crippen MR) is 83.9 cm³/mol. The molecule has 1 amide bonds. The lowest BCUT2D eigenvalue weighted by Crippen LogP contribution is -2.49. The Hall–Kier alpha value is -1.30. The first-order valence-electron chi connectivity index (χ1n) is 7.36. The Kier molecular flexibility index (Phi) is 5.32. The minimum atomic E-state index is -1.05.